The summed E-state index contributed by atoms with van der Waals surface area (Å²) in [6, 6.07) is 13.2. The fourth-order valence-corrected chi connectivity index (χ4v) is 4.50. The Kier molecular flexibility index (Phi) is 9.50. The minimum Gasteiger partial charge on any atom is -0.379 e. The van der Waals surface area contributed by atoms with Crippen LogP contribution in [0.2, 0.25) is 5.02 Å². The van der Waals surface area contributed by atoms with Gasteiger partial charge in [0.2, 0.25) is 11.9 Å². The lowest BCUT2D eigenvalue weighted by Gasteiger charge is -2.31. The van der Waals surface area contributed by atoms with Gasteiger partial charge in [0.1, 0.15) is 6.54 Å². The van der Waals surface area contributed by atoms with E-state index in [2.05, 4.69) is 28.5 Å². The normalized spacial score (nSPS) is 14.2. The van der Waals surface area contributed by atoms with Crippen molar-refractivity contribution in [3.8, 4) is 16.9 Å². The quantitative estimate of drug-likeness (QED) is 0.405. The van der Waals surface area contributed by atoms with Gasteiger partial charge in [0.15, 0.2) is 0 Å². The lowest BCUT2D eigenvalue weighted by molar-refractivity contribution is -0.116. The number of nitrogens with zero attached hydrogens (tertiary/aromatic N) is 4. The number of ether oxygens (including phenoxy) is 1. The first-order valence-electron chi connectivity index (χ1n) is 13.6. The van der Waals surface area contributed by atoms with Gasteiger partial charge in [-0.05, 0) is 70.0 Å². The number of nitrogens with one attached hydrogen (secondary N) is 2. The molecule has 3 aromatic rings. The van der Waals surface area contributed by atoms with Crippen molar-refractivity contribution < 1.29 is 14.3 Å². The summed E-state index contributed by atoms with van der Waals surface area (Å²) in [5.74, 6) is 0.0481. The van der Waals surface area contributed by atoms with Crippen molar-refractivity contribution in [2.24, 2.45) is 0 Å². The van der Waals surface area contributed by atoms with E-state index in [1.807, 2.05) is 74.9 Å². The van der Waals surface area contributed by atoms with Gasteiger partial charge in [-0.15, -0.1) is 0 Å². The number of hydrogen-bond acceptors (Lipinski definition) is 5. The van der Waals surface area contributed by atoms with Crippen molar-refractivity contribution >= 4 is 29.5 Å². The summed E-state index contributed by atoms with van der Waals surface area (Å²) < 4.78 is 7.30. The summed E-state index contributed by atoms with van der Waals surface area (Å²) in [6.45, 7) is 13.8. The summed E-state index contributed by atoms with van der Waals surface area (Å²) in [4.78, 5) is 35.1. The number of morpholine rings is 1. The molecule has 0 bridgehead atoms. The van der Waals surface area contributed by atoms with Crippen LogP contribution in [-0.2, 0) is 9.53 Å². The Morgan fingerprint density at radius 1 is 1.05 bits per heavy atom. The molecular formula is C30H39ClN6O3. The van der Waals surface area contributed by atoms with E-state index < -0.39 is 5.54 Å². The maximum atomic E-state index is 13.4. The van der Waals surface area contributed by atoms with Crippen LogP contribution in [0.15, 0.2) is 48.7 Å². The molecule has 2 heterocycles. The number of aryl methyl sites for hydroxylation is 2. The predicted molar refractivity (Wildman–Crippen MR) is 159 cm³/mol. The standard InChI is InChI=1S/C30H39ClN6O3/c1-21-6-11-25(18-22(21)2)37-19-26(23-7-9-24(31)10-8-23)32-28(37)33-27(38)20-36(29(39)34-30(3,4)5)13-12-35-14-16-40-17-15-35/h6-11,18-19H,12-17,20H2,1-5H3,(H,34,39)(H,32,33,38). The fourth-order valence-electron chi connectivity index (χ4n) is 4.38. The summed E-state index contributed by atoms with van der Waals surface area (Å²) in [7, 11) is 0. The Morgan fingerprint density at radius 2 is 1.75 bits per heavy atom. The fraction of sp³-hybridized carbons (Fsp3) is 0.433. The molecule has 2 N–H and O–H groups in total. The largest absolute Gasteiger partial charge is 0.379 e. The molecule has 1 aliphatic rings. The Hall–Kier alpha value is -3.40. The van der Waals surface area contributed by atoms with E-state index in [1.165, 1.54) is 5.56 Å². The third-order valence-corrected chi connectivity index (χ3v) is 7.01. The zero-order valence-corrected chi connectivity index (χ0v) is 24.7. The molecule has 1 fully saturated rings. The molecule has 0 aliphatic carbocycles. The first-order valence-corrected chi connectivity index (χ1v) is 14.0. The Labute approximate surface area is 241 Å². The van der Waals surface area contributed by atoms with Gasteiger partial charge in [-0.2, -0.15) is 0 Å². The minimum atomic E-state index is -0.433. The predicted octanol–water partition coefficient (Wildman–Crippen LogP) is 4.89. The number of carbonyl (C=O) groups excluding carboxylic acids is 2. The van der Waals surface area contributed by atoms with Crippen molar-refractivity contribution in [1.82, 2.24) is 24.7 Å². The number of carbonyl (C=O) groups is 2. The van der Waals surface area contributed by atoms with Crippen LogP contribution >= 0.6 is 11.6 Å². The summed E-state index contributed by atoms with van der Waals surface area (Å²) in [5, 5.41) is 6.59. The average Bonchev–Trinajstić information content (AvgIpc) is 3.31. The van der Waals surface area contributed by atoms with Crippen molar-refractivity contribution in [2.75, 3.05) is 51.3 Å². The number of imidazole rings is 1. The van der Waals surface area contributed by atoms with E-state index in [4.69, 9.17) is 21.3 Å². The summed E-state index contributed by atoms with van der Waals surface area (Å²) in [6.07, 6.45) is 1.89. The third kappa shape index (κ3) is 8.06. The number of hydrogen-bond donors (Lipinski definition) is 2. The second-order valence-electron chi connectivity index (χ2n) is 11.2. The molecule has 0 unspecified atom stereocenters. The lowest BCUT2D eigenvalue weighted by Crippen LogP contribution is -2.52. The maximum absolute atomic E-state index is 13.4. The highest BCUT2D eigenvalue weighted by molar-refractivity contribution is 6.30. The van der Waals surface area contributed by atoms with Gasteiger partial charge in [-0.3, -0.25) is 19.6 Å². The molecule has 9 nitrogen and oxygen atoms in total. The van der Waals surface area contributed by atoms with Crippen molar-refractivity contribution in [2.45, 2.75) is 40.2 Å². The maximum Gasteiger partial charge on any atom is 0.318 e. The lowest BCUT2D eigenvalue weighted by atomic mass is 10.1. The number of anilines is 1. The summed E-state index contributed by atoms with van der Waals surface area (Å²) in [5.41, 5.74) is 4.32. The van der Waals surface area contributed by atoms with Gasteiger partial charge in [-0.1, -0.05) is 29.8 Å². The van der Waals surface area contributed by atoms with Gasteiger partial charge in [0.25, 0.3) is 0 Å². The molecule has 4 rings (SSSR count). The van der Waals surface area contributed by atoms with Crippen LogP contribution in [0.1, 0.15) is 31.9 Å². The van der Waals surface area contributed by atoms with Crippen LogP contribution < -0.4 is 10.6 Å². The van der Waals surface area contributed by atoms with E-state index in [0.29, 0.717) is 43.0 Å². The van der Waals surface area contributed by atoms with Crippen molar-refractivity contribution in [3.05, 3.63) is 64.8 Å². The van der Waals surface area contributed by atoms with Crippen LogP contribution in [-0.4, -0.2) is 82.8 Å². The van der Waals surface area contributed by atoms with Gasteiger partial charge >= 0.3 is 6.03 Å². The topological polar surface area (TPSA) is 91.7 Å². The number of benzene rings is 2. The zero-order chi connectivity index (χ0) is 28.9. The molecule has 0 radical (unpaired) electrons. The van der Waals surface area contributed by atoms with E-state index in [9.17, 15) is 9.59 Å². The van der Waals surface area contributed by atoms with Crippen LogP contribution in [0.25, 0.3) is 16.9 Å². The van der Waals surface area contributed by atoms with E-state index in [1.54, 1.807) is 4.90 Å². The third-order valence-electron chi connectivity index (χ3n) is 6.76. The molecule has 2 aromatic carbocycles. The number of aromatic nitrogens is 2. The average molecular weight is 567 g/mol. The SMILES string of the molecule is Cc1ccc(-n2cc(-c3ccc(Cl)cc3)nc2NC(=O)CN(CCN2CCOCC2)C(=O)NC(C)(C)C)cc1C. The van der Waals surface area contributed by atoms with E-state index >= 15 is 0 Å². The van der Waals surface area contributed by atoms with Crippen LogP contribution in [0.3, 0.4) is 0 Å². The molecule has 214 valence electrons. The molecule has 0 spiro atoms. The summed E-state index contributed by atoms with van der Waals surface area (Å²) >= 11 is 6.09. The molecule has 40 heavy (non-hydrogen) atoms. The number of amides is 3. The Bertz CT molecular complexity index is 1330. The van der Waals surface area contributed by atoms with Gasteiger partial charge in [0, 0.05) is 54.2 Å². The second kappa shape index (κ2) is 12.8. The molecule has 1 aromatic heterocycles. The second-order valence-corrected chi connectivity index (χ2v) is 11.6. The van der Waals surface area contributed by atoms with Gasteiger partial charge < -0.3 is 15.0 Å². The molecule has 1 aliphatic heterocycles. The van der Waals surface area contributed by atoms with E-state index in [0.717, 1.165) is 29.9 Å². The molecule has 0 saturated carbocycles. The van der Waals surface area contributed by atoms with E-state index in [-0.39, 0.29) is 18.5 Å². The monoisotopic (exact) mass is 566 g/mol. The van der Waals surface area contributed by atoms with Crippen molar-refractivity contribution in [1.29, 1.82) is 0 Å². The Morgan fingerprint density at radius 3 is 2.40 bits per heavy atom. The highest BCUT2D eigenvalue weighted by Gasteiger charge is 2.24. The van der Waals surface area contributed by atoms with Crippen molar-refractivity contribution in [3.63, 3.8) is 0 Å². The minimum absolute atomic E-state index is 0.109. The van der Waals surface area contributed by atoms with Gasteiger partial charge in [0.05, 0.1) is 18.9 Å². The number of halogens is 1. The van der Waals surface area contributed by atoms with Crippen LogP contribution in [0.5, 0.6) is 0 Å². The molecular weight excluding hydrogens is 528 g/mol. The zero-order valence-electron chi connectivity index (χ0n) is 24.0. The Balaban J connectivity index is 1.57. The first-order chi connectivity index (χ1) is 19.0. The molecule has 10 heteroatoms. The van der Waals surface area contributed by atoms with Gasteiger partial charge in [-0.25, -0.2) is 9.78 Å². The molecule has 3 amide bonds. The smallest absolute Gasteiger partial charge is 0.318 e. The van der Waals surface area contributed by atoms with Crippen LogP contribution in [0.4, 0.5) is 10.7 Å². The highest BCUT2D eigenvalue weighted by Crippen LogP contribution is 2.26. The molecule has 0 atom stereocenters. The van der Waals surface area contributed by atoms with Crippen LogP contribution in [0, 0.1) is 13.8 Å². The number of urea groups is 1. The number of rotatable bonds is 8. The highest BCUT2D eigenvalue weighted by atomic mass is 35.5. The molecule has 1 saturated heterocycles. The first kappa shape index (κ1) is 29.6.